The number of carbonyl (C=O) groups is 2. The minimum atomic E-state index is -0.260. The van der Waals surface area contributed by atoms with E-state index in [-0.39, 0.29) is 17.9 Å². The van der Waals surface area contributed by atoms with Crippen LogP contribution in [0.1, 0.15) is 40.1 Å². The van der Waals surface area contributed by atoms with Gasteiger partial charge in [0.15, 0.2) is 0 Å². The zero-order valence-electron chi connectivity index (χ0n) is 13.7. The largest absolute Gasteiger partial charge is 0.352 e. The third-order valence-electron chi connectivity index (χ3n) is 3.27. The van der Waals surface area contributed by atoms with E-state index in [0.717, 1.165) is 5.56 Å². The van der Waals surface area contributed by atoms with Gasteiger partial charge < -0.3 is 10.6 Å². The molecule has 1 aromatic carbocycles. The summed E-state index contributed by atoms with van der Waals surface area (Å²) in [6.07, 6.45) is 3.56. The molecule has 0 fully saturated rings. The molecule has 0 spiro atoms. The highest BCUT2D eigenvalue weighted by atomic mass is 35.5. The Kier molecular flexibility index (Phi) is 6.32. The first-order chi connectivity index (χ1) is 11.5. The molecule has 2 amide bonds. The first-order valence-corrected chi connectivity index (χ1v) is 8.12. The molecule has 24 heavy (non-hydrogen) atoms. The van der Waals surface area contributed by atoms with Gasteiger partial charge in [0.25, 0.3) is 11.8 Å². The summed E-state index contributed by atoms with van der Waals surface area (Å²) in [6.45, 7) is 4.22. The van der Waals surface area contributed by atoms with E-state index < -0.39 is 0 Å². The average Bonchev–Trinajstić information content (AvgIpc) is 2.54. The van der Waals surface area contributed by atoms with Gasteiger partial charge in [-0.15, -0.1) is 0 Å². The van der Waals surface area contributed by atoms with Crippen molar-refractivity contribution >= 4 is 23.4 Å². The minimum Gasteiger partial charge on any atom is -0.352 e. The van der Waals surface area contributed by atoms with E-state index in [1.54, 1.807) is 6.07 Å². The number of carbonyl (C=O) groups excluding carboxylic acids is 2. The summed E-state index contributed by atoms with van der Waals surface area (Å²) in [7, 11) is 0. The Balaban J connectivity index is 1.93. The Hall–Kier alpha value is -2.40. The predicted molar refractivity (Wildman–Crippen MR) is 94.3 cm³/mol. The molecule has 2 aromatic rings. The van der Waals surface area contributed by atoms with Crippen LogP contribution in [0.5, 0.6) is 0 Å². The molecule has 2 N–H and O–H groups in total. The molecule has 0 atom stereocenters. The second-order valence-corrected chi connectivity index (χ2v) is 6.16. The minimum absolute atomic E-state index is 0.0210. The maximum absolute atomic E-state index is 12.2. The van der Waals surface area contributed by atoms with Crippen LogP contribution in [0.15, 0.2) is 42.7 Å². The van der Waals surface area contributed by atoms with Crippen LogP contribution in [0, 0.1) is 0 Å². The van der Waals surface area contributed by atoms with E-state index in [2.05, 4.69) is 15.6 Å². The molecule has 0 bridgehead atoms. The van der Waals surface area contributed by atoms with E-state index in [1.165, 1.54) is 12.4 Å². The molecule has 0 aliphatic carbocycles. The number of pyridine rings is 1. The topological polar surface area (TPSA) is 71.1 Å². The Morgan fingerprint density at radius 2 is 1.83 bits per heavy atom. The van der Waals surface area contributed by atoms with E-state index in [0.29, 0.717) is 29.1 Å². The Bertz CT molecular complexity index is 732. The summed E-state index contributed by atoms with van der Waals surface area (Å²) in [6, 6.07) is 9.07. The quantitative estimate of drug-likeness (QED) is 0.845. The lowest BCUT2D eigenvalue weighted by atomic mass is 10.1. The highest BCUT2D eigenvalue weighted by Gasteiger charge is 2.11. The van der Waals surface area contributed by atoms with Gasteiger partial charge in [-0.1, -0.05) is 23.7 Å². The molecule has 2 rings (SSSR count). The molecule has 0 radical (unpaired) electrons. The number of nitrogens with one attached hydrogen (secondary N) is 2. The zero-order valence-corrected chi connectivity index (χ0v) is 14.4. The van der Waals surface area contributed by atoms with Gasteiger partial charge in [0.1, 0.15) is 0 Å². The van der Waals surface area contributed by atoms with Crippen LogP contribution in [0.2, 0.25) is 5.02 Å². The first-order valence-electron chi connectivity index (χ1n) is 7.74. The second kappa shape index (κ2) is 8.45. The predicted octanol–water partition coefficient (Wildman–Crippen LogP) is 2.85. The Morgan fingerprint density at radius 3 is 2.50 bits per heavy atom. The van der Waals surface area contributed by atoms with Gasteiger partial charge in [-0.25, -0.2) is 0 Å². The lowest BCUT2D eigenvalue weighted by Crippen LogP contribution is -2.31. The summed E-state index contributed by atoms with van der Waals surface area (Å²) < 4.78 is 0. The maximum Gasteiger partial charge on any atom is 0.253 e. The number of aromatic nitrogens is 1. The molecular formula is C18H20ClN3O2. The highest BCUT2D eigenvalue weighted by Crippen LogP contribution is 2.11. The normalized spacial score (nSPS) is 10.5. The smallest absolute Gasteiger partial charge is 0.253 e. The molecule has 0 aliphatic heterocycles. The Morgan fingerprint density at radius 1 is 1.12 bits per heavy atom. The van der Waals surface area contributed by atoms with E-state index in [9.17, 15) is 9.59 Å². The van der Waals surface area contributed by atoms with Gasteiger partial charge in [0.05, 0.1) is 11.1 Å². The third-order valence-corrected chi connectivity index (χ3v) is 3.51. The van der Waals surface area contributed by atoms with Crippen molar-refractivity contribution in [2.24, 2.45) is 0 Å². The van der Waals surface area contributed by atoms with Crippen LogP contribution in [0.3, 0.4) is 0 Å². The Labute approximate surface area is 146 Å². The molecule has 0 unspecified atom stereocenters. The number of hydrogen-bond donors (Lipinski definition) is 2. The lowest BCUT2D eigenvalue weighted by molar-refractivity contribution is 0.0942. The number of halogens is 1. The number of hydrogen-bond acceptors (Lipinski definition) is 3. The number of amides is 2. The molecular weight excluding hydrogens is 326 g/mol. The molecule has 0 saturated heterocycles. The third kappa shape index (κ3) is 5.35. The maximum atomic E-state index is 12.2. The first kappa shape index (κ1) is 17.9. The van der Waals surface area contributed by atoms with Gasteiger partial charge >= 0.3 is 0 Å². The molecule has 0 aliphatic rings. The summed E-state index contributed by atoms with van der Waals surface area (Å²) in [4.78, 5) is 28.1. The molecule has 126 valence electrons. The SMILES string of the molecule is CC(C)NC(=O)c1cncc(C(=O)NCCc2cccc(Cl)c2)c1. The van der Waals surface area contributed by atoms with Crippen molar-refractivity contribution in [3.05, 3.63) is 64.4 Å². The summed E-state index contributed by atoms with van der Waals surface area (Å²) in [5.74, 6) is -0.505. The zero-order chi connectivity index (χ0) is 17.5. The molecule has 1 heterocycles. The fraction of sp³-hybridized carbons (Fsp3) is 0.278. The van der Waals surface area contributed by atoms with Crippen LogP contribution in [-0.4, -0.2) is 29.4 Å². The summed E-state index contributed by atoms with van der Waals surface area (Å²) >= 11 is 5.93. The van der Waals surface area contributed by atoms with Crippen molar-refractivity contribution in [2.75, 3.05) is 6.54 Å². The van der Waals surface area contributed by atoms with Gasteiger partial charge in [0, 0.05) is 30.0 Å². The van der Waals surface area contributed by atoms with Gasteiger partial charge in [-0.05, 0) is 44.0 Å². The van der Waals surface area contributed by atoms with Crippen molar-refractivity contribution in [1.29, 1.82) is 0 Å². The standard InChI is InChI=1S/C18H20ClN3O2/c1-12(2)22-18(24)15-9-14(10-20-11-15)17(23)21-7-6-13-4-3-5-16(19)8-13/h3-5,8-12H,6-7H2,1-2H3,(H,21,23)(H,22,24). The lowest BCUT2D eigenvalue weighted by Gasteiger charge is -2.09. The van der Waals surface area contributed by atoms with Gasteiger partial charge in [-0.3, -0.25) is 14.6 Å². The molecule has 6 heteroatoms. The van der Waals surface area contributed by atoms with Crippen molar-refractivity contribution in [1.82, 2.24) is 15.6 Å². The van der Waals surface area contributed by atoms with Gasteiger partial charge in [-0.2, -0.15) is 0 Å². The summed E-state index contributed by atoms with van der Waals surface area (Å²) in [5, 5.41) is 6.27. The average molecular weight is 346 g/mol. The van der Waals surface area contributed by atoms with Crippen LogP contribution in [0.4, 0.5) is 0 Å². The summed E-state index contributed by atoms with van der Waals surface area (Å²) in [5.41, 5.74) is 1.77. The van der Waals surface area contributed by atoms with Crippen molar-refractivity contribution in [2.45, 2.75) is 26.3 Å². The van der Waals surface area contributed by atoms with Crippen molar-refractivity contribution in [3.63, 3.8) is 0 Å². The van der Waals surface area contributed by atoms with Gasteiger partial charge in [0.2, 0.25) is 0 Å². The fourth-order valence-electron chi connectivity index (χ4n) is 2.15. The van der Waals surface area contributed by atoms with Crippen LogP contribution in [0.25, 0.3) is 0 Å². The number of rotatable bonds is 6. The van der Waals surface area contributed by atoms with Crippen LogP contribution >= 0.6 is 11.6 Å². The second-order valence-electron chi connectivity index (χ2n) is 5.73. The monoisotopic (exact) mass is 345 g/mol. The van der Waals surface area contributed by atoms with Crippen LogP contribution in [-0.2, 0) is 6.42 Å². The van der Waals surface area contributed by atoms with Crippen LogP contribution < -0.4 is 10.6 Å². The van der Waals surface area contributed by atoms with E-state index >= 15 is 0 Å². The fourth-order valence-corrected chi connectivity index (χ4v) is 2.36. The number of benzene rings is 1. The number of nitrogens with zero attached hydrogens (tertiary/aromatic N) is 1. The van der Waals surface area contributed by atoms with Crippen molar-refractivity contribution in [3.8, 4) is 0 Å². The van der Waals surface area contributed by atoms with Crippen molar-refractivity contribution < 1.29 is 9.59 Å². The van der Waals surface area contributed by atoms with E-state index in [4.69, 9.17) is 11.6 Å². The highest BCUT2D eigenvalue weighted by molar-refractivity contribution is 6.30. The molecule has 1 aromatic heterocycles. The molecule has 5 nitrogen and oxygen atoms in total. The van der Waals surface area contributed by atoms with E-state index in [1.807, 2.05) is 38.1 Å². The molecule has 0 saturated carbocycles.